The molecule has 0 radical (unpaired) electrons. The molecule has 0 saturated carbocycles. The molecular formula is C21H21N3O2S. The molecule has 0 aliphatic carbocycles. The lowest BCUT2D eigenvalue weighted by Gasteiger charge is -2.31. The maximum absolute atomic E-state index is 11.3. The van der Waals surface area contributed by atoms with Gasteiger partial charge in [-0.3, -0.25) is 4.79 Å². The molecule has 3 aromatic rings. The highest BCUT2D eigenvalue weighted by Crippen LogP contribution is 2.31. The molecule has 1 aromatic heterocycles. The molecule has 27 heavy (non-hydrogen) atoms. The minimum absolute atomic E-state index is 0.0121. The minimum atomic E-state index is -0.822. The fourth-order valence-electron chi connectivity index (χ4n) is 3.80. The Kier molecular flexibility index (Phi) is 4.58. The van der Waals surface area contributed by atoms with E-state index in [1.54, 1.807) is 0 Å². The standard InChI is InChI=1S/C21H21N3O2S/c1-14-6-2-4-8-17(14)22-21(27)23-11-10-19-16(12-23)15-7-3-5-9-18(15)24(19)13-20(25)26/h2-9H,10-13H2,1H3,(H,22,27)(H,25,26). The van der Waals surface area contributed by atoms with Crippen LogP contribution in [-0.4, -0.2) is 32.2 Å². The number of thiocarbonyl (C=S) groups is 1. The normalized spacial score (nSPS) is 13.4. The Bertz CT molecular complexity index is 1040. The van der Waals surface area contributed by atoms with Crippen molar-refractivity contribution in [3.63, 3.8) is 0 Å². The number of anilines is 1. The van der Waals surface area contributed by atoms with Gasteiger partial charge in [-0.15, -0.1) is 0 Å². The zero-order chi connectivity index (χ0) is 19.0. The lowest BCUT2D eigenvalue weighted by Crippen LogP contribution is -2.39. The quantitative estimate of drug-likeness (QED) is 0.678. The van der Waals surface area contributed by atoms with Crippen molar-refractivity contribution in [2.75, 3.05) is 11.9 Å². The molecule has 0 amide bonds. The van der Waals surface area contributed by atoms with Gasteiger partial charge in [-0.1, -0.05) is 36.4 Å². The first kappa shape index (κ1) is 17.5. The highest BCUT2D eigenvalue weighted by atomic mass is 32.1. The van der Waals surface area contributed by atoms with Gasteiger partial charge in [0.2, 0.25) is 0 Å². The number of carbonyl (C=O) groups is 1. The van der Waals surface area contributed by atoms with Gasteiger partial charge >= 0.3 is 5.97 Å². The number of nitrogens with zero attached hydrogens (tertiary/aromatic N) is 2. The van der Waals surface area contributed by atoms with Gasteiger partial charge in [-0.2, -0.15) is 0 Å². The number of para-hydroxylation sites is 2. The topological polar surface area (TPSA) is 57.5 Å². The Hall–Kier alpha value is -2.86. The summed E-state index contributed by atoms with van der Waals surface area (Å²) in [5.74, 6) is -0.822. The highest BCUT2D eigenvalue weighted by molar-refractivity contribution is 7.80. The van der Waals surface area contributed by atoms with E-state index >= 15 is 0 Å². The van der Waals surface area contributed by atoms with Crippen LogP contribution in [0, 0.1) is 6.92 Å². The molecule has 5 nitrogen and oxygen atoms in total. The van der Waals surface area contributed by atoms with Crippen molar-refractivity contribution in [3.05, 3.63) is 65.4 Å². The van der Waals surface area contributed by atoms with Crippen LogP contribution in [-0.2, 0) is 24.3 Å². The second kappa shape index (κ2) is 7.04. The van der Waals surface area contributed by atoms with Crippen molar-refractivity contribution in [1.29, 1.82) is 0 Å². The predicted octanol–water partition coefficient (Wildman–Crippen LogP) is 3.79. The van der Waals surface area contributed by atoms with Crippen molar-refractivity contribution >= 4 is 39.9 Å². The van der Waals surface area contributed by atoms with E-state index < -0.39 is 5.97 Å². The lowest BCUT2D eigenvalue weighted by molar-refractivity contribution is -0.137. The summed E-state index contributed by atoms with van der Waals surface area (Å²) >= 11 is 5.66. The Balaban J connectivity index is 1.64. The molecular weight excluding hydrogens is 358 g/mol. The summed E-state index contributed by atoms with van der Waals surface area (Å²) < 4.78 is 1.93. The van der Waals surface area contributed by atoms with Gasteiger partial charge in [-0.05, 0) is 36.8 Å². The monoisotopic (exact) mass is 379 g/mol. The summed E-state index contributed by atoms with van der Waals surface area (Å²) in [6, 6.07) is 16.1. The van der Waals surface area contributed by atoms with Gasteiger partial charge in [0.25, 0.3) is 0 Å². The molecule has 6 heteroatoms. The second-order valence-corrected chi connectivity index (χ2v) is 7.23. The number of benzene rings is 2. The molecule has 0 fully saturated rings. The number of rotatable bonds is 3. The number of fused-ring (bicyclic) bond motifs is 3. The van der Waals surface area contributed by atoms with Gasteiger partial charge in [-0.25, -0.2) is 0 Å². The van der Waals surface area contributed by atoms with Crippen LogP contribution in [0.3, 0.4) is 0 Å². The smallest absolute Gasteiger partial charge is 0.323 e. The Morgan fingerprint density at radius 2 is 1.93 bits per heavy atom. The van der Waals surface area contributed by atoms with Gasteiger partial charge in [0.1, 0.15) is 6.54 Å². The maximum atomic E-state index is 11.3. The molecule has 0 bridgehead atoms. The lowest BCUT2D eigenvalue weighted by atomic mass is 10.0. The van der Waals surface area contributed by atoms with Gasteiger partial charge in [0.05, 0.1) is 0 Å². The molecule has 0 spiro atoms. The van der Waals surface area contributed by atoms with E-state index in [9.17, 15) is 9.90 Å². The third kappa shape index (κ3) is 3.28. The van der Waals surface area contributed by atoms with E-state index in [0.717, 1.165) is 40.8 Å². The summed E-state index contributed by atoms with van der Waals surface area (Å²) in [5, 5.41) is 14.5. The SMILES string of the molecule is Cc1ccccc1NC(=S)N1CCc2c(c3ccccc3n2CC(=O)O)C1. The minimum Gasteiger partial charge on any atom is -0.480 e. The van der Waals surface area contributed by atoms with Crippen molar-refractivity contribution < 1.29 is 9.90 Å². The van der Waals surface area contributed by atoms with E-state index in [-0.39, 0.29) is 6.54 Å². The van der Waals surface area contributed by atoms with E-state index in [1.807, 2.05) is 41.0 Å². The molecule has 138 valence electrons. The first-order valence-electron chi connectivity index (χ1n) is 8.97. The van der Waals surface area contributed by atoms with E-state index in [0.29, 0.717) is 11.7 Å². The number of nitrogens with one attached hydrogen (secondary N) is 1. The molecule has 4 rings (SSSR count). The van der Waals surface area contributed by atoms with Crippen molar-refractivity contribution in [2.45, 2.75) is 26.4 Å². The van der Waals surface area contributed by atoms with Crippen LogP contribution in [0.5, 0.6) is 0 Å². The Morgan fingerprint density at radius 3 is 2.70 bits per heavy atom. The van der Waals surface area contributed by atoms with Crippen molar-refractivity contribution in [1.82, 2.24) is 9.47 Å². The number of aliphatic carboxylic acids is 1. The third-order valence-corrected chi connectivity index (χ3v) is 5.49. The zero-order valence-corrected chi connectivity index (χ0v) is 15.9. The largest absolute Gasteiger partial charge is 0.480 e. The van der Waals surface area contributed by atoms with Crippen molar-refractivity contribution in [2.24, 2.45) is 0 Å². The number of aryl methyl sites for hydroxylation is 1. The molecule has 1 aliphatic rings. The molecule has 2 aromatic carbocycles. The van der Waals surface area contributed by atoms with Crippen LogP contribution < -0.4 is 5.32 Å². The zero-order valence-electron chi connectivity index (χ0n) is 15.1. The van der Waals surface area contributed by atoms with Gasteiger partial charge in [0, 0.05) is 47.4 Å². The van der Waals surface area contributed by atoms with E-state index in [4.69, 9.17) is 12.2 Å². The van der Waals surface area contributed by atoms with Crippen LogP contribution in [0.4, 0.5) is 5.69 Å². The summed E-state index contributed by atoms with van der Waals surface area (Å²) in [5.41, 5.74) is 5.42. The summed E-state index contributed by atoms with van der Waals surface area (Å²) in [7, 11) is 0. The van der Waals surface area contributed by atoms with Crippen LogP contribution in [0.2, 0.25) is 0 Å². The molecule has 0 unspecified atom stereocenters. The molecule has 1 aliphatic heterocycles. The molecule has 0 saturated heterocycles. The average Bonchev–Trinajstić information content (AvgIpc) is 2.97. The van der Waals surface area contributed by atoms with E-state index in [1.165, 1.54) is 5.56 Å². The fourth-order valence-corrected chi connectivity index (χ4v) is 4.06. The third-order valence-electron chi connectivity index (χ3n) is 5.13. The highest BCUT2D eigenvalue weighted by Gasteiger charge is 2.26. The van der Waals surface area contributed by atoms with Gasteiger partial charge in [0.15, 0.2) is 5.11 Å². The van der Waals surface area contributed by atoms with Crippen LogP contribution >= 0.6 is 12.2 Å². The number of aromatic nitrogens is 1. The number of carboxylic acids is 1. The number of hydrogen-bond donors (Lipinski definition) is 2. The van der Waals surface area contributed by atoms with Crippen LogP contribution in [0.25, 0.3) is 10.9 Å². The first-order chi connectivity index (χ1) is 13.0. The second-order valence-electron chi connectivity index (χ2n) is 6.84. The predicted molar refractivity (Wildman–Crippen MR) is 111 cm³/mol. The fraction of sp³-hybridized carbons (Fsp3) is 0.238. The Labute approximate surface area is 163 Å². The molecule has 2 N–H and O–H groups in total. The van der Waals surface area contributed by atoms with E-state index in [2.05, 4.69) is 29.3 Å². The first-order valence-corrected chi connectivity index (χ1v) is 9.37. The average molecular weight is 379 g/mol. The Morgan fingerprint density at radius 1 is 1.19 bits per heavy atom. The van der Waals surface area contributed by atoms with Gasteiger partial charge < -0.3 is 19.9 Å². The molecule has 0 atom stereocenters. The molecule has 2 heterocycles. The van der Waals surface area contributed by atoms with Crippen LogP contribution in [0.1, 0.15) is 16.8 Å². The number of carboxylic acid groups (broad SMARTS) is 1. The summed E-state index contributed by atoms with van der Waals surface area (Å²) in [4.78, 5) is 13.5. The van der Waals surface area contributed by atoms with Crippen LogP contribution in [0.15, 0.2) is 48.5 Å². The summed E-state index contributed by atoms with van der Waals surface area (Å²) in [6.45, 7) is 3.49. The van der Waals surface area contributed by atoms with Crippen molar-refractivity contribution in [3.8, 4) is 0 Å². The number of hydrogen-bond acceptors (Lipinski definition) is 2. The maximum Gasteiger partial charge on any atom is 0.323 e. The summed E-state index contributed by atoms with van der Waals surface area (Å²) in [6.07, 6.45) is 0.771.